The maximum absolute atomic E-state index is 13.0. The van der Waals surface area contributed by atoms with Gasteiger partial charge in [-0.25, -0.2) is 4.79 Å². The van der Waals surface area contributed by atoms with Crippen molar-refractivity contribution in [3.05, 3.63) is 59.4 Å². The van der Waals surface area contributed by atoms with Gasteiger partial charge in [-0.05, 0) is 42.5 Å². The SMILES string of the molecule is O=C1N(Cc2ccc(N3CCC4(CC3)COC4)cn2)CCN1C[C@H](O)CN1CCc2ccccc2C1. The lowest BCUT2D eigenvalue weighted by Gasteiger charge is -2.47. The van der Waals surface area contributed by atoms with E-state index in [0.717, 1.165) is 57.2 Å². The first-order chi connectivity index (χ1) is 17.6. The number of pyridine rings is 1. The summed E-state index contributed by atoms with van der Waals surface area (Å²) in [6.07, 6.45) is 4.78. The van der Waals surface area contributed by atoms with Crippen molar-refractivity contribution >= 4 is 11.7 Å². The summed E-state index contributed by atoms with van der Waals surface area (Å²) in [5, 5.41) is 10.7. The van der Waals surface area contributed by atoms with Gasteiger partial charge >= 0.3 is 6.03 Å². The highest BCUT2D eigenvalue weighted by Crippen LogP contribution is 2.39. The highest BCUT2D eigenvalue weighted by atomic mass is 16.5. The van der Waals surface area contributed by atoms with Gasteiger partial charge in [-0.3, -0.25) is 9.88 Å². The Balaban J connectivity index is 0.969. The summed E-state index contributed by atoms with van der Waals surface area (Å²) in [5.74, 6) is 0. The third kappa shape index (κ3) is 4.94. The molecule has 0 unspecified atom stereocenters. The largest absolute Gasteiger partial charge is 0.390 e. The Bertz CT molecular complexity index is 1060. The van der Waals surface area contributed by atoms with Gasteiger partial charge in [0.05, 0.1) is 43.4 Å². The maximum Gasteiger partial charge on any atom is 0.320 e. The first-order valence-electron chi connectivity index (χ1n) is 13.4. The predicted octanol–water partition coefficient (Wildman–Crippen LogP) is 2.36. The van der Waals surface area contributed by atoms with Gasteiger partial charge in [0.2, 0.25) is 0 Å². The molecule has 1 aromatic heterocycles. The lowest BCUT2D eigenvalue weighted by molar-refractivity contribution is -0.124. The maximum atomic E-state index is 13.0. The van der Waals surface area contributed by atoms with E-state index in [1.807, 2.05) is 17.2 Å². The Hall–Kier alpha value is -2.68. The van der Waals surface area contributed by atoms with Crippen molar-refractivity contribution in [3.8, 4) is 0 Å². The number of rotatable bonds is 7. The molecule has 3 saturated heterocycles. The normalized spacial score (nSPS) is 22.6. The Kier molecular flexibility index (Phi) is 6.58. The quantitative estimate of drug-likeness (QED) is 0.641. The number of carbonyl (C=O) groups is 1. The molecule has 5 heterocycles. The van der Waals surface area contributed by atoms with Crippen LogP contribution in [0.5, 0.6) is 0 Å². The van der Waals surface area contributed by atoms with Crippen molar-refractivity contribution < 1.29 is 14.6 Å². The second kappa shape index (κ2) is 10.00. The Labute approximate surface area is 213 Å². The number of urea groups is 1. The fraction of sp³-hybridized carbons (Fsp3) is 0.571. The van der Waals surface area contributed by atoms with Gasteiger partial charge in [0.1, 0.15) is 0 Å². The molecule has 6 rings (SSSR count). The molecule has 0 saturated carbocycles. The molecule has 1 spiro atoms. The third-order valence-electron chi connectivity index (χ3n) is 8.46. The van der Waals surface area contributed by atoms with Gasteiger partial charge in [0.15, 0.2) is 0 Å². The number of β-amino-alcohol motifs (C(OH)–C–C–N with tert-alkyl or cyclic N) is 1. The number of nitrogens with zero attached hydrogens (tertiary/aromatic N) is 5. The van der Waals surface area contributed by atoms with Crippen molar-refractivity contribution in [1.82, 2.24) is 19.7 Å². The van der Waals surface area contributed by atoms with E-state index in [0.29, 0.717) is 38.1 Å². The topological polar surface area (TPSA) is 72.4 Å². The smallest absolute Gasteiger partial charge is 0.320 e. The van der Waals surface area contributed by atoms with Gasteiger partial charge in [-0.1, -0.05) is 24.3 Å². The van der Waals surface area contributed by atoms with Crippen LogP contribution < -0.4 is 4.90 Å². The zero-order valence-electron chi connectivity index (χ0n) is 21.0. The number of hydrogen-bond donors (Lipinski definition) is 1. The van der Waals surface area contributed by atoms with Crippen molar-refractivity contribution in [1.29, 1.82) is 0 Å². The molecule has 8 heteroatoms. The third-order valence-corrected chi connectivity index (χ3v) is 8.46. The van der Waals surface area contributed by atoms with E-state index in [-0.39, 0.29) is 6.03 Å². The van der Waals surface area contributed by atoms with Crippen molar-refractivity contribution in [2.75, 3.05) is 63.9 Å². The minimum Gasteiger partial charge on any atom is -0.390 e. The number of fused-ring (bicyclic) bond motifs is 1. The van der Waals surface area contributed by atoms with Crippen LogP contribution in [0.2, 0.25) is 0 Å². The van der Waals surface area contributed by atoms with Gasteiger partial charge < -0.3 is 24.5 Å². The fourth-order valence-electron chi connectivity index (χ4n) is 6.08. The zero-order valence-corrected chi connectivity index (χ0v) is 21.0. The number of anilines is 1. The number of aromatic nitrogens is 1. The van der Waals surface area contributed by atoms with E-state index in [4.69, 9.17) is 4.74 Å². The monoisotopic (exact) mass is 491 g/mol. The number of piperidine rings is 1. The Morgan fingerprint density at radius 1 is 0.944 bits per heavy atom. The van der Waals surface area contributed by atoms with Crippen molar-refractivity contribution in [2.45, 2.75) is 38.5 Å². The van der Waals surface area contributed by atoms with E-state index < -0.39 is 6.10 Å². The number of amides is 2. The van der Waals surface area contributed by atoms with Gasteiger partial charge in [0.25, 0.3) is 0 Å². The van der Waals surface area contributed by atoms with Crippen LogP contribution in [0.15, 0.2) is 42.6 Å². The highest BCUT2D eigenvalue weighted by Gasteiger charge is 2.41. The van der Waals surface area contributed by atoms with Crippen molar-refractivity contribution in [3.63, 3.8) is 0 Å². The molecule has 0 radical (unpaired) electrons. The molecule has 1 aromatic carbocycles. The highest BCUT2D eigenvalue weighted by molar-refractivity contribution is 5.76. The second-order valence-corrected chi connectivity index (χ2v) is 11.0. The first-order valence-corrected chi connectivity index (χ1v) is 13.4. The lowest BCUT2D eigenvalue weighted by atomic mass is 9.77. The van der Waals surface area contributed by atoms with E-state index in [2.05, 4.69) is 45.1 Å². The number of benzene rings is 1. The summed E-state index contributed by atoms with van der Waals surface area (Å²) in [6.45, 7) is 8.54. The Morgan fingerprint density at radius 3 is 2.44 bits per heavy atom. The molecular formula is C28H37N5O3. The molecule has 0 bridgehead atoms. The molecule has 1 N–H and O–H groups in total. The summed E-state index contributed by atoms with van der Waals surface area (Å²) < 4.78 is 5.44. The molecule has 2 aromatic rings. The summed E-state index contributed by atoms with van der Waals surface area (Å²) in [6, 6.07) is 12.7. The van der Waals surface area contributed by atoms with E-state index >= 15 is 0 Å². The number of hydrogen-bond acceptors (Lipinski definition) is 6. The van der Waals surface area contributed by atoms with Crippen molar-refractivity contribution in [2.24, 2.45) is 5.41 Å². The van der Waals surface area contributed by atoms with E-state index in [9.17, 15) is 9.90 Å². The number of ether oxygens (including phenoxy) is 1. The van der Waals surface area contributed by atoms with Crippen LogP contribution in [0, 0.1) is 5.41 Å². The van der Waals surface area contributed by atoms with Crippen LogP contribution in [-0.2, 0) is 24.2 Å². The minimum absolute atomic E-state index is 0.00652. The summed E-state index contributed by atoms with van der Waals surface area (Å²) >= 11 is 0. The van der Waals surface area contributed by atoms with E-state index in [1.165, 1.54) is 24.0 Å². The summed E-state index contributed by atoms with van der Waals surface area (Å²) in [7, 11) is 0. The van der Waals surface area contributed by atoms with Crippen LogP contribution in [0.1, 0.15) is 29.7 Å². The van der Waals surface area contributed by atoms with Gasteiger partial charge in [-0.2, -0.15) is 0 Å². The lowest BCUT2D eigenvalue weighted by Crippen LogP contribution is -2.50. The molecule has 2 amide bonds. The number of aliphatic hydroxyl groups excluding tert-OH is 1. The van der Waals surface area contributed by atoms with Gasteiger partial charge in [-0.15, -0.1) is 0 Å². The summed E-state index contributed by atoms with van der Waals surface area (Å²) in [5.41, 5.74) is 5.24. The van der Waals surface area contributed by atoms with Crippen LogP contribution in [0.3, 0.4) is 0 Å². The minimum atomic E-state index is -0.549. The molecule has 0 aliphatic carbocycles. The molecule has 4 aliphatic rings. The first kappa shape index (κ1) is 23.7. The van der Waals surface area contributed by atoms with Crippen LogP contribution in [0.4, 0.5) is 10.5 Å². The molecule has 36 heavy (non-hydrogen) atoms. The average molecular weight is 492 g/mol. The second-order valence-electron chi connectivity index (χ2n) is 11.0. The molecule has 1 atom stereocenters. The molecular weight excluding hydrogens is 454 g/mol. The predicted molar refractivity (Wildman–Crippen MR) is 138 cm³/mol. The average Bonchev–Trinajstić information content (AvgIpc) is 3.22. The van der Waals surface area contributed by atoms with Gasteiger partial charge in [0, 0.05) is 57.8 Å². The molecule has 3 fully saturated rings. The van der Waals surface area contributed by atoms with Crippen LogP contribution in [-0.4, -0.2) is 96.0 Å². The molecule has 192 valence electrons. The standard InChI is InChI=1S/C28H37N5O3/c34-26(18-30-10-7-22-3-1-2-4-23(22)16-30)19-33-14-13-32(27(33)35)17-24-5-6-25(15-29-24)31-11-8-28(9-12-31)20-36-21-28/h1-6,15,26,34H,7-14,16-21H2/t26-/m1/s1. The van der Waals surface area contributed by atoms with E-state index in [1.54, 1.807) is 4.90 Å². The number of aliphatic hydroxyl groups is 1. The molecule has 8 nitrogen and oxygen atoms in total. The van der Waals surface area contributed by atoms with Crippen LogP contribution >= 0.6 is 0 Å². The zero-order chi connectivity index (χ0) is 24.5. The van der Waals surface area contributed by atoms with Crippen LogP contribution in [0.25, 0.3) is 0 Å². The Morgan fingerprint density at radius 2 is 1.72 bits per heavy atom. The summed E-state index contributed by atoms with van der Waals surface area (Å²) in [4.78, 5) is 26.0. The fourth-order valence-corrected chi connectivity index (χ4v) is 6.08. The number of carbonyl (C=O) groups excluding carboxylic acids is 1. The molecule has 4 aliphatic heterocycles.